The lowest BCUT2D eigenvalue weighted by atomic mass is 10.1. The molecule has 3 aromatic rings. The van der Waals surface area contributed by atoms with Crippen molar-refractivity contribution in [2.45, 2.75) is 31.8 Å². The van der Waals surface area contributed by atoms with Crippen LogP contribution in [0.2, 0.25) is 0 Å². The number of aromatic nitrogens is 3. The molecule has 0 spiro atoms. The molecule has 0 radical (unpaired) electrons. The van der Waals surface area contributed by atoms with Crippen LogP contribution in [-0.4, -0.2) is 50.9 Å². The number of rotatable bonds is 3. The molecule has 2 aliphatic rings. The molecule has 0 saturated carbocycles. The molecule has 0 unspecified atom stereocenters. The van der Waals surface area contributed by atoms with Crippen LogP contribution in [0.5, 0.6) is 0 Å². The van der Waals surface area contributed by atoms with E-state index in [0.29, 0.717) is 30.8 Å². The summed E-state index contributed by atoms with van der Waals surface area (Å²) < 4.78 is 0. The second kappa shape index (κ2) is 8.77. The molecule has 7 heteroatoms. The Kier molecular flexibility index (Phi) is 5.68. The third-order valence-corrected chi connectivity index (χ3v) is 6.64. The Labute approximate surface area is 190 Å². The van der Waals surface area contributed by atoms with Gasteiger partial charge in [0.25, 0.3) is 5.91 Å². The molecular formula is C25H27N5OS. The molecule has 164 valence electrons. The summed E-state index contributed by atoms with van der Waals surface area (Å²) in [5.74, 6) is 0.624. The highest BCUT2D eigenvalue weighted by Crippen LogP contribution is 2.25. The summed E-state index contributed by atoms with van der Waals surface area (Å²) in [5.41, 5.74) is 6.23. The van der Waals surface area contributed by atoms with Crippen LogP contribution in [0.1, 0.15) is 38.4 Å². The van der Waals surface area contributed by atoms with Crippen LogP contribution in [0, 0.1) is 5.18 Å². The van der Waals surface area contributed by atoms with Gasteiger partial charge in [0.1, 0.15) is 5.69 Å². The van der Waals surface area contributed by atoms with E-state index in [0.717, 1.165) is 36.1 Å². The monoisotopic (exact) mass is 445 g/mol. The van der Waals surface area contributed by atoms with Crippen LogP contribution in [0.4, 0.5) is 5.95 Å². The number of anilines is 1. The first-order valence-electron chi connectivity index (χ1n) is 10.9. The Morgan fingerprint density at radius 3 is 2.66 bits per heavy atom. The maximum absolute atomic E-state index is 13.0. The quantitative estimate of drug-likeness (QED) is 0.606. The van der Waals surface area contributed by atoms with Crippen LogP contribution in [0.25, 0.3) is 0 Å². The third-order valence-electron chi connectivity index (χ3n) is 5.94. The zero-order valence-electron chi connectivity index (χ0n) is 18.4. The van der Waals surface area contributed by atoms with Crippen LogP contribution >= 0.6 is 10.3 Å². The predicted octanol–water partition coefficient (Wildman–Crippen LogP) is 3.22. The molecule has 6 nitrogen and oxygen atoms in total. The molecule has 1 aromatic carbocycles. The zero-order valence-corrected chi connectivity index (χ0v) is 19.3. The van der Waals surface area contributed by atoms with Gasteiger partial charge in [0, 0.05) is 49.1 Å². The van der Waals surface area contributed by atoms with Gasteiger partial charge >= 0.3 is 0 Å². The minimum Gasteiger partial charge on any atom is -0.351 e. The van der Waals surface area contributed by atoms with Gasteiger partial charge in [-0.05, 0) is 48.6 Å². The maximum atomic E-state index is 13.0. The van der Waals surface area contributed by atoms with Crippen molar-refractivity contribution >= 4 is 22.2 Å². The van der Waals surface area contributed by atoms with Crippen LogP contribution in [0.15, 0.2) is 48.8 Å². The van der Waals surface area contributed by atoms with Gasteiger partial charge in [-0.3, -0.25) is 9.78 Å². The number of benzene rings is 1. The predicted molar refractivity (Wildman–Crippen MR) is 130 cm³/mol. The second-order valence-corrected chi connectivity index (χ2v) is 10.6. The molecule has 1 aliphatic carbocycles. The Bertz CT molecular complexity index is 1240. The standard InChI is InChI=1S/C25H27N5OS/c1-32(2)16-17-7-9-26-23(11-17)24(31)30-10-8-22-20(15-30)14-27-25(29-22)28-21-12-18-5-3-4-6-19(18)13-21/h3-7,9,11,14,21,32H,8,10,12-13,15H2,1-2H3,(H,27,28,29). The molecule has 32 heavy (non-hydrogen) atoms. The summed E-state index contributed by atoms with van der Waals surface area (Å²) in [6, 6.07) is 12.6. The van der Waals surface area contributed by atoms with Gasteiger partial charge in [-0.2, -0.15) is 0 Å². The maximum Gasteiger partial charge on any atom is 0.272 e. The number of hydrogen-bond donors (Lipinski definition) is 2. The first-order valence-corrected chi connectivity index (χ1v) is 13.2. The lowest BCUT2D eigenvalue weighted by Gasteiger charge is -2.28. The number of pyridine rings is 1. The molecule has 1 N–H and O–H groups in total. The van der Waals surface area contributed by atoms with Crippen molar-refractivity contribution in [2.75, 3.05) is 24.4 Å². The topological polar surface area (TPSA) is 71.0 Å². The molecule has 1 amide bonds. The third kappa shape index (κ3) is 4.40. The van der Waals surface area contributed by atoms with E-state index in [2.05, 4.69) is 57.2 Å². The van der Waals surface area contributed by atoms with Crippen LogP contribution < -0.4 is 5.32 Å². The summed E-state index contributed by atoms with van der Waals surface area (Å²) in [7, 11) is -0.305. The van der Waals surface area contributed by atoms with E-state index in [-0.39, 0.29) is 16.2 Å². The van der Waals surface area contributed by atoms with Crippen molar-refractivity contribution in [2.24, 2.45) is 0 Å². The Morgan fingerprint density at radius 2 is 1.91 bits per heavy atom. The highest BCUT2D eigenvalue weighted by molar-refractivity contribution is 8.05. The zero-order chi connectivity index (χ0) is 22.1. The fraction of sp³-hybridized carbons (Fsp3) is 0.320. The second-order valence-electron chi connectivity index (χ2n) is 8.60. The molecule has 0 atom stereocenters. The van der Waals surface area contributed by atoms with E-state index in [1.165, 1.54) is 11.1 Å². The summed E-state index contributed by atoms with van der Waals surface area (Å²) in [4.78, 5) is 28.5. The van der Waals surface area contributed by atoms with Crippen molar-refractivity contribution in [1.29, 1.82) is 0 Å². The lowest BCUT2D eigenvalue weighted by Crippen LogP contribution is -2.37. The van der Waals surface area contributed by atoms with Crippen molar-refractivity contribution in [1.82, 2.24) is 19.9 Å². The van der Waals surface area contributed by atoms with Gasteiger partial charge in [-0.25, -0.2) is 20.3 Å². The molecule has 3 heterocycles. The van der Waals surface area contributed by atoms with E-state index >= 15 is 0 Å². The highest BCUT2D eigenvalue weighted by Gasteiger charge is 2.25. The molecular weight excluding hydrogens is 418 g/mol. The van der Waals surface area contributed by atoms with Crippen molar-refractivity contribution in [3.05, 3.63) is 82.4 Å². The van der Waals surface area contributed by atoms with E-state index in [4.69, 9.17) is 4.98 Å². The number of amides is 1. The van der Waals surface area contributed by atoms with Gasteiger partial charge in [0.2, 0.25) is 5.95 Å². The molecule has 2 aromatic heterocycles. The fourth-order valence-corrected chi connectivity index (χ4v) is 5.10. The number of carbonyl (C=O) groups is 1. The number of nitrogens with one attached hydrogen (secondary N) is 1. The first kappa shape index (κ1) is 20.7. The number of hydrogen-bond acceptors (Lipinski definition) is 5. The van der Waals surface area contributed by atoms with E-state index in [1.54, 1.807) is 6.20 Å². The van der Waals surface area contributed by atoms with Gasteiger partial charge < -0.3 is 10.2 Å². The van der Waals surface area contributed by atoms with Crippen LogP contribution in [0.3, 0.4) is 0 Å². The van der Waals surface area contributed by atoms with Gasteiger partial charge in [0.15, 0.2) is 0 Å². The van der Waals surface area contributed by atoms with Crippen LogP contribution in [-0.2, 0) is 25.8 Å². The molecule has 1 aliphatic heterocycles. The molecule has 0 bridgehead atoms. The summed E-state index contributed by atoms with van der Waals surface area (Å²) in [5, 5.41) is 6.89. The molecule has 0 saturated heterocycles. The summed E-state index contributed by atoms with van der Waals surface area (Å²) >= 11 is 0. The summed E-state index contributed by atoms with van der Waals surface area (Å²) in [6.45, 7) is 1.14. The Balaban J connectivity index is 1.27. The van der Waals surface area contributed by atoms with E-state index in [9.17, 15) is 4.79 Å². The summed E-state index contributed by atoms with van der Waals surface area (Å²) in [6.07, 6.45) is 10.5. The lowest BCUT2D eigenvalue weighted by molar-refractivity contribution is 0.0727. The van der Waals surface area contributed by atoms with E-state index < -0.39 is 0 Å². The smallest absolute Gasteiger partial charge is 0.272 e. The first-order chi connectivity index (χ1) is 15.5. The Morgan fingerprint density at radius 1 is 1.12 bits per heavy atom. The van der Waals surface area contributed by atoms with Crippen molar-refractivity contribution < 1.29 is 4.79 Å². The number of carbonyl (C=O) groups excluding carboxylic acids is 1. The fourth-order valence-electron chi connectivity index (χ4n) is 4.44. The highest BCUT2D eigenvalue weighted by atomic mass is 32.2. The molecule has 5 rings (SSSR count). The number of nitrogens with zero attached hydrogens (tertiary/aromatic N) is 4. The van der Waals surface area contributed by atoms with Gasteiger partial charge in [-0.1, -0.05) is 29.5 Å². The van der Waals surface area contributed by atoms with E-state index in [1.807, 2.05) is 23.2 Å². The Hall–Kier alpha value is -3.15. The number of thiol groups is 1. The van der Waals surface area contributed by atoms with Gasteiger partial charge in [-0.15, -0.1) is 0 Å². The molecule has 0 fully saturated rings. The van der Waals surface area contributed by atoms with Crippen molar-refractivity contribution in [3.8, 4) is 5.18 Å². The number of fused-ring (bicyclic) bond motifs is 2. The minimum absolute atomic E-state index is 0.0539. The largest absolute Gasteiger partial charge is 0.351 e. The average Bonchev–Trinajstić information content (AvgIpc) is 3.20. The minimum atomic E-state index is -0.305. The van der Waals surface area contributed by atoms with Gasteiger partial charge in [0.05, 0.1) is 5.69 Å². The SMILES string of the molecule is C[SH](C)#Cc1ccnc(C(=O)N2CCc3nc(NC4Cc5ccccc5C4)ncc3C2)c1. The van der Waals surface area contributed by atoms with Crippen molar-refractivity contribution in [3.63, 3.8) is 0 Å². The average molecular weight is 446 g/mol. The normalized spacial score (nSPS) is 15.3.